The first-order valence-electron chi connectivity index (χ1n) is 5.06. The number of hydrogen-bond donors (Lipinski definition) is 1. The molecule has 0 bridgehead atoms. The largest absolute Gasteiger partial charge is 0.378 e. The number of sulfonamides is 1. The molecule has 2 N–H and O–H groups in total. The number of amides is 1. The van der Waals surface area contributed by atoms with Crippen LogP contribution in [0.25, 0.3) is 0 Å². The van der Waals surface area contributed by atoms with Crippen LogP contribution in [-0.4, -0.2) is 44.4 Å². The summed E-state index contributed by atoms with van der Waals surface area (Å²) in [6.07, 6.45) is 0. The minimum absolute atomic E-state index is 0.00242. The highest BCUT2D eigenvalue weighted by atomic mass is 79.9. The van der Waals surface area contributed by atoms with Crippen LogP contribution in [0.15, 0.2) is 20.1 Å². The predicted octanol–water partition coefficient (Wildman–Crippen LogP) is 0.385. The number of halogens is 1. The number of carbonyl (C=O) groups excluding carboxylic acids is 1. The van der Waals surface area contributed by atoms with E-state index in [0.717, 1.165) is 15.6 Å². The van der Waals surface area contributed by atoms with E-state index >= 15 is 0 Å². The van der Waals surface area contributed by atoms with Gasteiger partial charge >= 0.3 is 0 Å². The molecule has 1 fully saturated rings. The predicted molar refractivity (Wildman–Crippen MR) is 69.7 cm³/mol. The average Bonchev–Trinajstić information content (AvgIpc) is 2.76. The van der Waals surface area contributed by atoms with Gasteiger partial charge in [0.05, 0.1) is 13.2 Å². The van der Waals surface area contributed by atoms with Crippen LogP contribution in [0.5, 0.6) is 0 Å². The minimum atomic E-state index is -3.72. The summed E-state index contributed by atoms with van der Waals surface area (Å²) in [6.45, 7) is 0.379. The van der Waals surface area contributed by atoms with Crippen LogP contribution in [0, 0.1) is 0 Å². The summed E-state index contributed by atoms with van der Waals surface area (Å²) in [5.41, 5.74) is 5.21. The van der Waals surface area contributed by atoms with E-state index in [1.54, 1.807) is 11.4 Å². The Bertz CT molecular complexity index is 557. The van der Waals surface area contributed by atoms with Crippen LogP contribution in [-0.2, 0) is 19.6 Å². The normalized spacial score (nSPS) is 21.9. The molecule has 2 rings (SSSR count). The zero-order chi connectivity index (χ0) is 13.3. The number of rotatable bonds is 3. The topological polar surface area (TPSA) is 89.7 Å². The number of ether oxygens (including phenoxy) is 1. The van der Waals surface area contributed by atoms with Crippen LogP contribution in [0.2, 0.25) is 0 Å². The number of nitrogens with zero attached hydrogens (tertiary/aromatic N) is 1. The highest BCUT2D eigenvalue weighted by molar-refractivity contribution is 9.10. The molecule has 0 saturated carbocycles. The van der Waals surface area contributed by atoms with Gasteiger partial charge in [-0.15, -0.1) is 11.3 Å². The summed E-state index contributed by atoms with van der Waals surface area (Å²) in [4.78, 5) is 11.3. The lowest BCUT2D eigenvalue weighted by molar-refractivity contribution is -0.125. The van der Waals surface area contributed by atoms with E-state index in [1.165, 1.54) is 0 Å². The molecule has 0 aromatic carbocycles. The standard InChI is InChI=1S/C9H11BrN2O4S2/c10-6-1-4-17-9(6)18(14,15)12-2-3-16-5-7(12)8(11)13/h1,4,7H,2-3,5H2,(H2,11,13). The summed E-state index contributed by atoms with van der Waals surface area (Å²) >= 11 is 4.28. The molecule has 0 spiro atoms. The van der Waals surface area contributed by atoms with Crippen molar-refractivity contribution in [2.45, 2.75) is 10.3 Å². The van der Waals surface area contributed by atoms with E-state index in [1.807, 2.05) is 0 Å². The van der Waals surface area contributed by atoms with Crippen LogP contribution in [0.4, 0.5) is 0 Å². The monoisotopic (exact) mass is 354 g/mol. The SMILES string of the molecule is NC(=O)C1COCCN1S(=O)(=O)c1sccc1Br. The summed E-state index contributed by atoms with van der Waals surface area (Å²) < 4.78 is 31.7. The van der Waals surface area contributed by atoms with Crippen molar-refractivity contribution in [2.24, 2.45) is 5.73 Å². The fraction of sp³-hybridized carbons (Fsp3) is 0.444. The second-order valence-electron chi connectivity index (χ2n) is 3.66. The van der Waals surface area contributed by atoms with Crippen LogP contribution >= 0.6 is 27.3 Å². The van der Waals surface area contributed by atoms with Crippen LogP contribution in [0.3, 0.4) is 0 Å². The number of morpholine rings is 1. The lowest BCUT2D eigenvalue weighted by Gasteiger charge is -2.32. The molecule has 1 saturated heterocycles. The molecule has 9 heteroatoms. The van der Waals surface area contributed by atoms with Gasteiger partial charge in [0.1, 0.15) is 10.3 Å². The molecule has 1 amide bonds. The molecule has 1 aromatic rings. The molecule has 1 aliphatic rings. The van der Waals surface area contributed by atoms with Gasteiger partial charge in [0.15, 0.2) is 0 Å². The smallest absolute Gasteiger partial charge is 0.254 e. The Labute approximate surface area is 117 Å². The van der Waals surface area contributed by atoms with Gasteiger partial charge in [-0.3, -0.25) is 4.79 Å². The van der Waals surface area contributed by atoms with Gasteiger partial charge in [0.2, 0.25) is 5.91 Å². The Morgan fingerprint density at radius 1 is 1.61 bits per heavy atom. The fourth-order valence-electron chi connectivity index (χ4n) is 1.67. The lowest BCUT2D eigenvalue weighted by atomic mass is 10.3. The molecule has 100 valence electrons. The Morgan fingerprint density at radius 2 is 2.33 bits per heavy atom. The fourth-order valence-corrected chi connectivity index (χ4v) is 5.66. The van der Waals surface area contributed by atoms with Crippen molar-refractivity contribution in [1.29, 1.82) is 0 Å². The third kappa shape index (κ3) is 2.45. The Hall–Kier alpha value is -0.480. The van der Waals surface area contributed by atoms with Crippen molar-refractivity contribution in [1.82, 2.24) is 4.31 Å². The van der Waals surface area contributed by atoms with E-state index in [9.17, 15) is 13.2 Å². The van der Waals surface area contributed by atoms with E-state index in [0.29, 0.717) is 4.47 Å². The van der Waals surface area contributed by atoms with Crippen LogP contribution < -0.4 is 5.73 Å². The first-order chi connectivity index (χ1) is 8.44. The maximum absolute atomic E-state index is 12.4. The van der Waals surface area contributed by atoms with Crippen molar-refractivity contribution in [3.8, 4) is 0 Å². The minimum Gasteiger partial charge on any atom is -0.378 e. The van der Waals surface area contributed by atoms with E-state index < -0.39 is 22.0 Å². The number of primary amides is 1. The lowest BCUT2D eigenvalue weighted by Crippen LogP contribution is -2.54. The summed E-state index contributed by atoms with van der Waals surface area (Å²) in [5.74, 6) is -0.703. The van der Waals surface area contributed by atoms with E-state index in [4.69, 9.17) is 10.5 Å². The van der Waals surface area contributed by atoms with Gasteiger partial charge in [0.25, 0.3) is 10.0 Å². The van der Waals surface area contributed by atoms with Gasteiger partial charge in [-0.05, 0) is 27.4 Å². The number of nitrogens with two attached hydrogens (primary N) is 1. The quantitative estimate of drug-likeness (QED) is 0.849. The Balaban J connectivity index is 2.39. The van der Waals surface area contributed by atoms with Gasteiger partial charge < -0.3 is 10.5 Å². The molecule has 1 atom stereocenters. The highest BCUT2D eigenvalue weighted by Crippen LogP contribution is 2.31. The molecule has 18 heavy (non-hydrogen) atoms. The summed E-state index contributed by atoms with van der Waals surface area (Å²) in [5, 5.41) is 1.66. The third-order valence-electron chi connectivity index (χ3n) is 2.54. The van der Waals surface area contributed by atoms with Gasteiger partial charge in [0, 0.05) is 11.0 Å². The summed E-state index contributed by atoms with van der Waals surface area (Å²) in [6, 6.07) is 0.704. The van der Waals surface area contributed by atoms with E-state index in [-0.39, 0.29) is 24.0 Å². The number of carbonyl (C=O) groups is 1. The Kier molecular flexibility index (Phi) is 4.07. The first kappa shape index (κ1) is 13.9. The first-order valence-corrected chi connectivity index (χ1v) is 8.18. The number of hydrogen-bond acceptors (Lipinski definition) is 5. The molecule has 2 heterocycles. The zero-order valence-corrected chi connectivity index (χ0v) is 12.4. The molecule has 0 radical (unpaired) electrons. The van der Waals surface area contributed by atoms with E-state index in [2.05, 4.69) is 15.9 Å². The Morgan fingerprint density at radius 3 is 2.89 bits per heavy atom. The van der Waals surface area contributed by atoms with Gasteiger partial charge in [-0.25, -0.2) is 8.42 Å². The second-order valence-corrected chi connectivity index (χ2v) is 7.52. The molecule has 6 nitrogen and oxygen atoms in total. The second kappa shape index (κ2) is 5.25. The summed E-state index contributed by atoms with van der Waals surface area (Å²) in [7, 11) is -3.72. The maximum atomic E-state index is 12.4. The zero-order valence-electron chi connectivity index (χ0n) is 9.21. The van der Waals surface area contributed by atoms with Crippen molar-refractivity contribution >= 4 is 43.2 Å². The van der Waals surface area contributed by atoms with Gasteiger partial charge in [-0.1, -0.05) is 0 Å². The third-order valence-corrected chi connectivity index (χ3v) is 7.09. The van der Waals surface area contributed by atoms with Crippen molar-refractivity contribution in [3.63, 3.8) is 0 Å². The molecule has 0 aliphatic carbocycles. The molecular formula is C9H11BrN2O4S2. The molecular weight excluding hydrogens is 344 g/mol. The van der Waals surface area contributed by atoms with Crippen molar-refractivity contribution in [3.05, 3.63) is 15.9 Å². The van der Waals surface area contributed by atoms with Crippen molar-refractivity contribution < 1.29 is 17.9 Å². The molecule has 1 unspecified atom stereocenters. The van der Waals surface area contributed by atoms with Crippen LogP contribution in [0.1, 0.15) is 0 Å². The molecule has 1 aromatic heterocycles. The van der Waals surface area contributed by atoms with Crippen molar-refractivity contribution in [2.75, 3.05) is 19.8 Å². The van der Waals surface area contributed by atoms with Gasteiger partial charge in [-0.2, -0.15) is 4.31 Å². The highest BCUT2D eigenvalue weighted by Gasteiger charge is 2.38. The molecule has 1 aliphatic heterocycles. The number of thiophene rings is 1. The average molecular weight is 355 g/mol. The maximum Gasteiger partial charge on any atom is 0.254 e.